The largest absolute Gasteiger partial charge is 0.459 e. The Bertz CT molecular complexity index is 826. The van der Waals surface area contributed by atoms with Crippen molar-refractivity contribution in [2.45, 2.75) is 19.6 Å². The van der Waals surface area contributed by atoms with Gasteiger partial charge in [-0.15, -0.1) is 0 Å². The van der Waals surface area contributed by atoms with Crippen molar-refractivity contribution < 1.29 is 14.3 Å². The minimum atomic E-state index is -0.278. The van der Waals surface area contributed by atoms with E-state index in [9.17, 15) is 9.90 Å². The van der Waals surface area contributed by atoms with Gasteiger partial charge in [0.25, 0.3) is 5.91 Å². The molecule has 3 rings (SSSR count). The lowest BCUT2D eigenvalue weighted by Crippen LogP contribution is -2.11. The Kier molecular flexibility index (Phi) is 5.16. The van der Waals surface area contributed by atoms with E-state index in [-0.39, 0.29) is 24.3 Å². The molecule has 5 nitrogen and oxygen atoms in total. The Balaban J connectivity index is 1.63. The highest BCUT2D eigenvalue weighted by molar-refractivity contribution is 6.02. The third-order valence-electron chi connectivity index (χ3n) is 3.90. The molecule has 5 heteroatoms. The fourth-order valence-corrected chi connectivity index (χ4v) is 2.54. The summed E-state index contributed by atoms with van der Waals surface area (Å²) < 4.78 is 5.07. The first-order valence-corrected chi connectivity index (χ1v) is 8.07. The third-order valence-corrected chi connectivity index (χ3v) is 3.90. The number of hydrogen-bond donors (Lipinski definition) is 3. The number of rotatable bonds is 6. The molecular weight excluding hydrogens is 316 g/mol. The standard InChI is InChI=1S/C20H20N2O3/c1-14(16-5-2-4-15(12-16)13-23)21-17-7-9-18(10-8-17)22-20(24)19-6-3-11-25-19/h2-12,14,21,23H,13H2,1H3,(H,22,24). The zero-order chi connectivity index (χ0) is 17.6. The predicted octanol–water partition coefficient (Wildman–Crippen LogP) is 4.20. The van der Waals surface area contributed by atoms with Gasteiger partial charge in [-0.2, -0.15) is 0 Å². The van der Waals surface area contributed by atoms with Crippen LogP contribution in [0.1, 0.15) is 34.6 Å². The SMILES string of the molecule is CC(Nc1ccc(NC(=O)c2ccco2)cc1)c1cccc(CO)c1. The first kappa shape index (κ1) is 16.8. The van der Waals surface area contributed by atoms with Gasteiger partial charge in [-0.3, -0.25) is 4.79 Å². The summed E-state index contributed by atoms with van der Waals surface area (Å²) in [5.74, 6) is -0.000477. The van der Waals surface area contributed by atoms with E-state index in [0.29, 0.717) is 5.69 Å². The third kappa shape index (κ3) is 4.28. The molecule has 0 aliphatic heterocycles. The van der Waals surface area contributed by atoms with Gasteiger partial charge in [0.2, 0.25) is 0 Å². The fourth-order valence-electron chi connectivity index (χ4n) is 2.54. The smallest absolute Gasteiger partial charge is 0.291 e. The van der Waals surface area contributed by atoms with Crippen molar-refractivity contribution in [1.29, 1.82) is 0 Å². The van der Waals surface area contributed by atoms with Crippen LogP contribution in [0.3, 0.4) is 0 Å². The summed E-state index contributed by atoms with van der Waals surface area (Å²) in [7, 11) is 0. The van der Waals surface area contributed by atoms with E-state index in [2.05, 4.69) is 17.6 Å². The van der Waals surface area contributed by atoms with Crippen LogP contribution in [0.2, 0.25) is 0 Å². The van der Waals surface area contributed by atoms with E-state index in [1.807, 2.05) is 48.5 Å². The van der Waals surface area contributed by atoms with Crippen molar-refractivity contribution in [1.82, 2.24) is 0 Å². The first-order chi connectivity index (χ1) is 12.2. The van der Waals surface area contributed by atoms with Crippen molar-refractivity contribution in [2.75, 3.05) is 10.6 Å². The monoisotopic (exact) mass is 336 g/mol. The zero-order valence-electron chi connectivity index (χ0n) is 13.9. The van der Waals surface area contributed by atoms with E-state index in [1.165, 1.54) is 6.26 Å². The molecule has 0 fully saturated rings. The molecule has 0 aliphatic rings. The topological polar surface area (TPSA) is 74.5 Å². The number of nitrogens with one attached hydrogen (secondary N) is 2. The van der Waals surface area contributed by atoms with Crippen LogP contribution in [0.15, 0.2) is 71.3 Å². The van der Waals surface area contributed by atoms with E-state index in [0.717, 1.165) is 16.8 Å². The number of benzene rings is 2. The van der Waals surface area contributed by atoms with Gasteiger partial charge in [0.15, 0.2) is 5.76 Å². The number of anilines is 2. The van der Waals surface area contributed by atoms with E-state index >= 15 is 0 Å². The lowest BCUT2D eigenvalue weighted by Gasteiger charge is -2.17. The molecule has 3 aromatic rings. The Labute approximate surface area is 146 Å². The van der Waals surface area contributed by atoms with Crippen molar-refractivity contribution in [3.8, 4) is 0 Å². The second-order valence-electron chi connectivity index (χ2n) is 5.78. The molecule has 1 aromatic heterocycles. The molecule has 128 valence electrons. The Morgan fingerprint density at radius 2 is 1.84 bits per heavy atom. The average Bonchev–Trinajstić information content (AvgIpc) is 3.18. The van der Waals surface area contributed by atoms with Crippen LogP contribution in [-0.4, -0.2) is 11.0 Å². The highest BCUT2D eigenvalue weighted by atomic mass is 16.3. The number of hydrogen-bond acceptors (Lipinski definition) is 4. The van der Waals surface area contributed by atoms with Crippen molar-refractivity contribution in [2.24, 2.45) is 0 Å². The van der Waals surface area contributed by atoms with Gasteiger partial charge in [0.05, 0.1) is 12.9 Å². The van der Waals surface area contributed by atoms with Gasteiger partial charge < -0.3 is 20.2 Å². The maximum Gasteiger partial charge on any atom is 0.291 e. The summed E-state index contributed by atoms with van der Waals surface area (Å²) in [6, 6.07) is 18.7. The minimum Gasteiger partial charge on any atom is -0.459 e. The van der Waals surface area contributed by atoms with E-state index < -0.39 is 0 Å². The number of carbonyl (C=O) groups excluding carboxylic acids is 1. The van der Waals surface area contributed by atoms with Crippen LogP contribution in [0, 0.1) is 0 Å². The number of amides is 1. The molecule has 0 bridgehead atoms. The van der Waals surface area contributed by atoms with Crippen LogP contribution in [0.4, 0.5) is 11.4 Å². The molecule has 1 atom stereocenters. The lowest BCUT2D eigenvalue weighted by molar-refractivity contribution is 0.0996. The van der Waals surface area contributed by atoms with Crippen molar-refractivity contribution >= 4 is 17.3 Å². The van der Waals surface area contributed by atoms with Crippen LogP contribution in [0.25, 0.3) is 0 Å². The van der Waals surface area contributed by atoms with Crippen LogP contribution >= 0.6 is 0 Å². The van der Waals surface area contributed by atoms with Crippen molar-refractivity contribution in [3.63, 3.8) is 0 Å². The summed E-state index contributed by atoms with van der Waals surface area (Å²) in [4.78, 5) is 11.9. The fraction of sp³-hybridized carbons (Fsp3) is 0.150. The van der Waals surface area contributed by atoms with Crippen LogP contribution < -0.4 is 10.6 Å². The van der Waals surface area contributed by atoms with Gasteiger partial charge in [-0.05, 0) is 54.4 Å². The maximum atomic E-state index is 11.9. The van der Waals surface area contributed by atoms with Gasteiger partial charge in [0, 0.05) is 17.4 Å². The molecule has 0 spiro atoms. The molecular formula is C20H20N2O3. The summed E-state index contributed by atoms with van der Waals surface area (Å²) in [5, 5.41) is 15.4. The molecule has 3 N–H and O–H groups in total. The molecule has 2 aromatic carbocycles. The summed E-state index contributed by atoms with van der Waals surface area (Å²) in [6.07, 6.45) is 1.47. The Hall–Kier alpha value is -3.05. The average molecular weight is 336 g/mol. The molecule has 0 saturated heterocycles. The molecule has 1 heterocycles. The van der Waals surface area contributed by atoms with Gasteiger partial charge in [-0.1, -0.05) is 24.3 Å². The summed E-state index contributed by atoms with van der Waals surface area (Å²) in [5.41, 5.74) is 3.63. The number of carbonyl (C=O) groups is 1. The highest BCUT2D eigenvalue weighted by Gasteiger charge is 2.09. The Morgan fingerprint density at radius 3 is 2.52 bits per heavy atom. The summed E-state index contributed by atoms with van der Waals surface area (Å²) >= 11 is 0. The van der Waals surface area contributed by atoms with Crippen LogP contribution in [0.5, 0.6) is 0 Å². The minimum absolute atomic E-state index is 0.0324. The van der Waals surface area contributed by atoms with Crippen molar-refractivity contribution in [3.05, 3.63) is 83.8 Å². The van der Waals surface area contributed by atoms with Crippen LogP contribution in [-0.2, 0) is 6.61 Å². The number of aliphatic hydroxyl groups is 1. The highest BCUT2D eigenvalue weighted by Crippen LogP contribution is 2.22. The predicted molar refractivity (Wildman–Crippen MR) is 97.5 cm³/mol. The van der Waals surface area contributed by atoms with Gasteiger partial charge in [-0.25, -0.2) is 0 Å². The van der Waals surface area contributed by atoms with E-state index in [4.69, 9.17) is 4.42 Å². The Morgan fingerprint density at radius 1 is 1.08 bits per heavy atom. The molecule has 0 radical (unpaired) electrons. The second-order valence-corrected chi connectivity index (χ2v) is 5.78. The normalized spacial score (nSPS) is 11.8. The maximum absolute atomic E-state index is 11.9. The zero-order valence-corrected chi connectivity index (χ0v) is 13.9. The first-order valence-electron chi connectivity index (χ1n) is 8.07. The lowest BCUT2D eigenvalue weighted by atomic mass is 10.1. The number of furan rings is 1. The molecule has 25 heavy (non-hydrogen) atoms. The van der Waals surface area contributed by atoms with Gasteiger partial charge >= 0.3 is 0 Å². The molecule has 1 unspecified atom stereocenters. The quantitative estimate of drug-likeness (QED) is 0.631. The second kappa shape index (κ2) is 7.68. The molecule has 1 amide bonds. The summed E-state index contributed by atoms with van der Waals surface area (Å²) in [6.45, 7) is 2.09. The van der Waals surface area contributed by atoms with Gasteiger partial charge in [0.1, 0.15) is 0 Å². The van der Waals surface area contributed by atoms with E-state index in [1.54, 1.807) is 12.1 Å². The molecule has 0 saturated carbocycles. The molecule has 0 aliphatic carbocycles. The number of aliphatic hydroxyl groups excluding tert-OH is 1.